The molecule has 0 aromatic rings. The van der Waals surface area contributed by atoms with Crippen molar-refractivity contribution in [2.45, 2.75) is 35.1 Å². The summed E-state index contributed by atoms with van der Waals surface area (Å²) in [6.45, 7) is 3.64. The Morgan fingerprint density at radius 3 is 2.69 bits per heavy atom. The number of aliphatic hydroxyl groups is 2. The summed E-state index contributed by atoms with van der Waals surface area (Å²) in [6.07, 6.45) is 2.61. The molecule has 13 heavy (non-hydrogen) atoms. The Labute approximate surface area is 91.9 Å². The molecule has 1 saturated heterocycles. The van der Waals surface area contributed by atoms with Crippen molar-refractivity contribution < 1.29 is 14.9 Å². The van der Waals surface area contributed by atoms with Crippen LogP contribution in [-0.2, 0) is 4.74 Å². The zero-order chi connectivity index (χ0) is 9.84. The number of ether oxygens (including phenoxy) is 1. The first-order chi connectivity index (χ1) is 6.19. The number of hydrogen-bond acceptors (Lipinski definition) is 3. The molecule has 4 atom stereocenters. The van der Waals surface area contributed by atoms with Crippen LogP contribution in [0.4, 0.5) is 0 Å². The first kappa shape index (κ1) is 11.4. The number of aliphatic hydroxyl groups excluding tert-OH is 2. The number of alkyl halides is 1. The van der Waals surface area contributed by atoms with Crippen LogP contribution >= 0.6 is 22.6 Å². The molecular weight excluding hydrogens is 283 g/mol. The second kappa shape index (κ2) is 5.29. The first-order valence-corrected chi connectivity index (χ1v) is 5.64. The summed E-state index contributed by atoms with van der Waals surface area (Å²) in [4.78, 5) is 0. The van der Waals surface area contributed by atoms with E-state index in [1.807, 2.05) is 0 Å². The number of rotatable bonds is 4. The van der Waals surface area contributed by atoms with Crippen molar-refractivity contribution in [1.82, 2.24) is 0 Å². The summed E-state index contributed by atoms with van der Waals surface area (Å²) < 4.78 is 5.70. The summed E-state index contributed by atoms with van der Waals surface area (Å²) in [5, 5.41) is 18.3. The molecule has 0 unspecified atom stereocenters. The summed E-state index contributed by atoms with van der Waals surface area (Å²) in [6, 6.07) is 0. The van der Waals surface area contributed by atoms with E-state index >= 15 is 0 Å². The van der Waals surface area contributed by atoms with Crippen LogP contribution in [0, 0.1) is 0 Å². The van der Waals surface area contributed by atoms with Crippen LogP contribution in [0.15, 0.2) is 12.7 Å². The molecule has 3 nitrogen and oxygen atoms in total. The maximum Gasteiger partial charge on any atom is 0.0980 e. The van der Waals surface area contributed by atoms with Crippen molar-refractivity contribution in [3.8, 4) is 0 Å². The molecule has 0 radical (unpaired) electrons. The lowest BCUT2D eigenvalue weighted by atomic mass is 10.1. The minimum absolute atomic E-state index is 0.0743. The minimum Gasteiger partial charge on any atom is -0.395 e. The van der Waals surface area contributed by atoms with Gasteiger partial charge in [0.05, 0.1) is 28.8 Å². The van der Waals surface area contributed by atoms with Gasteiger partial charge in [0.15, 0.2) is 0 Å². The van der Waals surface area contributed by atoms with Gasteiger partial charge in [0.1, 0.15) is 0 Å². The van der Waals surface area contributed by atoms with Crippen molar-refractivity contribution in [3.05, 3.63) is 12.7 Å². The highest BCUT2D eigenvalue weighted by atomic mass is 127. The molecule has 0 aromatic carbocycles. The summed E-state index contributed by atoms with van der Waals surface area (Å²) in [5.41, 5.74) is 0. The summed E-state index contributed by atoms with van der Waals surface area (Å²) in [5.74, 6) is 0. The highest BCUT2D eigenvalue weighted by molar-refractivity contribution is 14.1. The van der Waals surface area contributed by atoms with Crippen molar-refractivity contribution in [1.29, 1.82) is 0 Å². The Hall–Kier alpha value is 0.350. The van der Waals surface area contributed by atoms with E-state index < -0.39 is 6.10 Å². The Bertz CT molecular complexity index is 174. The lowest BCUT2D eigenvalue weighted by Gasteiger charge is -2.18. The Balaban J connectivity index is 2.39. The third kappa shape index (κ3) is 2.90. The van der Waals surface area contributed by atoms with E-state index in [-0.39, 0.29) is 22.7 Å². The molecule has 0 saturated carbocycles. The molecule has 0 aliphatic carbocycles. The van der Waals surface area contributed by atoms with E-state index in [0.717, 1.165) is 12.8 Å². The largest absolute Gasteiger partial charge is 0.395 e. The average molecular weight is 298 g/mol. The number of halogens is 1. The van der Waals surface area contributed by atoms with Crippen molar-refractivity contribution in [3.63, 3.8) is 0 Å². The van der Waals surface area contributed by atoms with Crippen LogP contribution in [-0.4, -0.2) is 39.1 Å². The molecule has 0 amide bonds. The second-order valence-electron chi connectivity index (χ2n) is 3.22. The fraction of sp³-hybridized carbons (Fsp3) is 0.778. The molecular formula is C9H15IO3. The normalized spacial score (nSPS) is 32.8. The molecule has 1 rings (SSSR count). The van der Waals surface area contributed by atoms with Crippen LogP contribution in [0.25, 0.3) is 0 Å². The average Bonchev–Trinajstić information content (AvgIpc) is 2.64. The van der Waals surface area contributed by atoms with Gasteiger partial charge >= 0.3 is 0 Å². The molecule has 4 heteroatoms. The topological polar surface area (TPSA) is 49.7 Å². The lowest BCUT2D eigenvalue weighted by Crippen LogP contribution is -2.28. The van der Waals surface area contributed by atoms with Crippen molar-refractivity contribution in [2.75, 3.05) is 6.61 Å². The molecule has 0 spiro atoms. The maximum atomic E-state index is 9.42. The third-order valence-electron chi connectivity index (χ3n) is 2.29. The minimum atomic E-state index is -0.577. The van der Waals surface area contributed by atoms with Crippen molar-refractivity contribution in [2.24, 2.45) is 0 Å². The molecule has 1 fully saturated rings. The highest BCUT2D eigenvalue weighted by Gasteiger charge is 2.32. The van der Waals surface area contributed by atoms with Gasteiger partial charge in [0, 0.05) is 0 Å². The maximum absolute atomic E-state index is 9.42. The van der Waals surface area contributed by atoms with Gasteiger partial charge in [0.2, 0.25) is 0 Å². The van der Waals surface area contributed by atoms with Crippen LogP contribution in [0.2, 0.25) is 0 Å². The molecule has 1 heterocycles. The van der Waals surface area contributed by atoms with Gasteiger partial charge in [0.25, 0.3) is 0 Å². The van der Waals surface area contributed by atoms with Gasteiger partial charge in [-0.15, -0.1) is 6.58 Å². The van der Waals surface area contributed by atoms with Gasteiger partial charge in [-0.2, -0.15) is 0 Å². The lowest BCUT2D eigenvalue weighted by molar-refractivity contribution is -0.0180. The SMILES string of the molecule is C=C[C@@H](O)[C@H]1CC[C@H]([C@@H](I)CO)O1. The molecule has 1 aliphatic heterocycles. The van der Waals surface area contributed by atoms with E-state index in [4.69, 9.17) is 9.84 Å². The molecule has 1 aliphatic rings. The summed E-state index contributed by atoms with van der Waals surface area (Å²) >= 11 is 2.17. The van der Waals surface area contributed by atoms with Crippen molar-refractivity contribution >= 4 is 22.6 Å². The van der Waals surface area contributed by atoms with E-state index in [2.05, 4.69) is 29.2 Å². The van der Waals surface area contributed by atoms with Crippen LogP contribution in [0.3, 0.4) is 0 Å². The standard InChI is InChI=1S/C9H15IO3/c1-2-7(12)9-4-3-8(13-9)6(10)5-11/h2,6-9,11-12H,1,3-5H2/t6-,7+,8+,9+/m0/s1. The van der Waals surface area contributed by atoms with Gasteiger partial charge in [-0.05, 0) is 12.8 Å². The molecule has 0 aromatic heterocycles. The summed E-state index contributed by atoms with van der Waals surface area (Å²) in [7, 11) is 0. The Kier molecular flexibility index (Phi) is 4.64. The van der Waals surface area contributed by atoms with E-state index in [1.165, 1.54) is 6.08 Å². The quantitative estimate of drug-likeness (QED) is 0.460. The van der Waals surface area contributed by atoms with Crippen LogP contribution in [0.1, 0.15) is 12.8 Å². The second-order valence-corrected chi connectivity index (χ2v) is 4.82. The zero-order valence-corrected chi connectivity index (χ0v) is 9.55. The monoisotopic (exact) mass is 298 g/mol. The van der Waals surface area contributed by atoms with Crippen LogP contribution in [0.5, 0.6) is 0 Å². The van der Waals surface area contributed by atoms with Gasteiger partial charge in [-0.25, -0.2) is 0 Å². The fourth-order valence-corrected chi connectivity index (χ4v) is 2.00. The van der Waals surface area contributed by atoms with Gasteiger partial charge < -0.3 is 14.9 Å². The van der Waals surface area contributed by atoms with Gasteiger partial charge in [-0.1, -0.05) is 28.7 Å². The van der Waals surface area contributed by atoms with E-state index in [9.17, 15) is 5.11 Å². The smallest absolute Gasteiger partial charge is 0.0980 e. The van der Waals surface area contributed by atoms with E-state index in [1.54, 1.807) is 0 Å². The highest BCUT2D eigenvalue weighted by Crippen LogP contribution is 2.27. The molecule has 2 N–H and O–H groups in total. The first-order valence-electron chi connectivity index (χ1n) is 4.40. The van der Waals surface area contributed by atoms with Crippen LogP contribution < -0.4 is 0 Å². The predicted octanol–water partition coefficient (Wildman–Crippen LogP) is 0.877. The number of hydrogen-bond donors (Lipinski definition) is 2. The molecule has 0 bridgehead atoms. The Morgan fingerprint density at radius 2 is 2.15 bits per heavy atom. The Morgan fingerprint density at radius 1 is 1.54 bits per heavy atom. The third-order valence-corrected chi connectivity index (χ3v) is 3.48. The predicted molar refractivity (Wildman–Crippen MR) is 59.0 cm³/mol. The zero-order valence-electron chi connectivity index (χ0n) is 7.40. The van der Waals surface area contributed by atoms with Gasteiger partial charge in [-0.3, -0.25) is 0 Å². The fourth-order valence-electron chi connectivity index (χ4n) is 1.48. The van der Waals surface area contributed by atoms with E-state index in [0.29, 0.717) is 0 Å². The molecule has 76 valence electrons.